The Bertz CT molecular complexity index is 682. The van der Waals surface area contributed by atoms with Crippen molar-refractivity contribution in [1.29, 1.82) is 0 Å². The van der Waals surface area contributed by atoms with Gasteiger partial charge in [0.1, 0.15) is 11.5 Å². The van der Waals surface area contributed by atoms with Crippen LogP contribution in [0.5, 0.6) is 11.5 Å². The predicted octanol–water partition coefficient (Wildman–Crippen LogP) is 2.38. The lowest BCUT2D eigenvalue weighted by Gasteiger charge is -2.35. The third-order valence-electron chi connectivity index (χ3n) is 4.64. The molecule has 0 spiro atoms. The lowest BCUT2D eigenvalue weighted by atomic mass is 10.1. The first kappa shape index (κ1) is 17.5. The topological polar surface area (TPSA) is 50.7 Å². The first-order chi connectivity index (χ1) is 12.2. The summed E-state index contributed by atoms with van der Waals surface area (Å²) >= 11 is 0. The molecule has 1 aliphatic heterocycles. The van der Waals surface area contributed by atoms with E-state index >= 15 is 0 Å². The zero-order chi connectivity index (χ0) is 17.6. The Balaban J connectivity index is 1.60. The molecule has 2 heterocycles. The molecule has 0 amide bonds. The summed E-state index contributed by atoms with van der Waals surface area (Å²) in [5.74, 6) is 2.59. The number of aromatic nitrogens is 2. The van der Waals surface area contributed by atoms with Gasteiger partial charge in [0.2, 0.25) is 5.95 Å². The van der Waals surface area contributed by atoms with Gasteiger partial charge in [0.05, 0.1) is 14.2 Å². The number of piperazine rings is 1. The molecular formula is C19H26N4O2. The second-order valence-electron chi connectivity index (χ2n) is 6.19. The molecule has 25 heavy (non-hydrogen) atoms. The molecule has 1 aromatic heterocycles. The van der Waals surface area contributed by atoms with Crippen LogP contribution in [0.3, 0.4) is 0 Å². The second-order valence-corrected chi connectivity index (χ2v) is 6.19. The molecule has 6 nitrogen and oxygen atoms in total. The molecule has 0 bridgehead atoms. The highest BCUT2D eigenvalue weighted by atomic mass is 16.5. The summed E-state index contributed by atoms with van der Waals surface area (Å²) in [4.78, 5) is 13.7. The molecule has 6 heteroatoms. The molecule has 3 rings (SSSR count). The van der Waals surface area contributed by atoms with E-state index in [1.165, 1.54) is 5.56 Å². The van der Waals surface area contributed by atoms with Crippen molar-refractivity contribution in [2.45, 2.75) is 19.9 Å². The van der Waals surface area contributed by atoms with Crippen LogP contribution >= 0.6 is 0 Å². The van der Waals surface area contributed by atoms with Gasteiger partial charge in [0.15, 0.2) is 0 Å². The largest absolute Gasteiger partial charge is 0.497 e. The number of hydrogen-bond acceptors (Lipinski definition) is 6. The Labute approximate surface area is 149 Å². The standard InChI is InChI=1S/C19H26N4O2/c1-4-15-12-20-19(21-13-15)23-9-7-22(8-10-23)14-16-11-17(24-2)5-6-18(16)25-3/h5-6,11-13H,4,7-10,14H2,1-3H3. The highest BCUT2D eigenvalue weighted by molar-refractivity contribution is 5.40. The number of aryl methyl sites for hydroxylation is 1. The van der Waals surface area contributed by atoms with Crippen molar-refractivity contribution in [2.24, 2.45) is 0 Å². The van der Waals surface area contributed by atoms with Gasteiger partial charge in [-0.3, -0.25) is 4.90 Å². The number of hydrogen-bond donors (Lipinski definition) is 0. The Kier molecular flexibility index (Phi) is 5.71. The van der Waals surface area contributed by atoms with Crippen LogP contribution in [0, 0.1) is 0 Å². The van der Waals surface area contributed by atoms with Gasteiger partial charge in [-0.1, -0.05) is 6.92 Å². The molecular weight excluding hydrogens is 316 g/mol. The summed E-state index contributed by atoms with van der Waals surface area (Å²) in [6, 6.07) is 5.95. The van der Waals surface area contributed by atoms with E-state index < -0.39 is 0 Å². The summed E-state index contributed by atoms with van der Waals surface area (Å²) in [5, 5.41) is 0. The molecule has 134 valence electrons. The summed E-state index contributed by atoms with van der Waals surface area (Å²) in [7, 11) is 3.40. The minimum absolute atomic E-state index is 0.829. The number of anilines is 1. The fourth-order valence-electron chi connectivity index (χ4n) is 3.05. The van der Waals surface area contributed by atoms with Gasteiger partial charge >= 0.3 is 0 Å². The summed E-state index contributed by atoms with van der Waals surface area (Å²) in [5.41, 5.74) is 2.33. The van der Waals surface area contributed by atoms with Crippen LogP contribution < -0.4 is 14.4 Å². The van der Waals surface area contributed by atoms with Crippen molar-refractivity contribution < 1.29 is 9.47 Å². The minimum atomic E-state index is 0.829. The van der Waals surface area contributed by atoms with Gasteiger partial charge in [-0.15, -0.1) is 0 Å². The van der Waals surface area contributed by atoms with Crippen LogP contribution in [0.1, 0.15) is 18.1 Å². The maximum Gasteiger partial charge on any atom is 0.225 e. The van der Waals surface area contributed by atoms with Crippen molar-refractivity contribution in [3.8, 4) is 11.5 Å². The van der Waals surface area contributed by atoms with E-state index in [1.54, 1.807) is 14.2 Å². The molecule has 1 aromatic carbocycles. The SMILES string of the molecule is CCc1cnc(N2CCN(Cc3cc(OC)ccc3OC)CC2)nc1. The smallest absolute Gasteiger partial charge is 0.225 e. The first-order valence-corrected chi connectivity index (χ1v) is 8.72. The fourth-order valence-corrected chi connectivity index (χ4v) is 3.05. The molecule has 1 fully saturated rings. The molecule has 1 saturated heterocycles. The lowest BCUT2D eigenvalue weighted by Crippen LogP contribution is -2.46. The molecule has 0 aliphatic carbocycles. The number of benzene rings is 1. The highest BCUT2D eigenvalue weighted by Crippen LogP contribution is 2.25. The Hall–Kier alpha value is -2.34. The van der Waals surface area contributed by atoms with E-state index in [2.05, 4.69) is 32.8 Å². The van der Waals surface area contributed by atoms with E-state index in [-0.39, 0.29) is 0 Å². The van der Waals surface area contributed by atoms with Crippen LogP contribution in [-0.4, -0.2) is 55.3 Å². The third kappa shape index (κ3) is 4.20. The zero-order valence-electron chi connectivity index (χ0n) is 15.2. The van der Waals surface area contributed by atoms with Crippen LogP contribution in [0.4, 0.5) is 5.95 Å². The van der Waals surface area contributed by atoms with Gasteiger partial charge in [-0.05, 0) is 30.2 Å². The van der Waals surface area contributed by atoms with Gasteiger partial charge < -0.3 is 14.4 Å². The Morgan fingerprint density at radius 1 is 1.00 bits per heavy atom. The van der Waals surface area contributed by atoms with E-state index in [1.807, 2.05) is 24.5 Å². The van der Waals surface area contributed by atoms with Crippen LogP contribution in [0.15, 0.2) is 30.6 Å². The molecule has 0 atom stereocenters. The number of methoxy groups -OCH3 is 2. The van der Waals surface area contributed by atoms with Gasteiger partial charge in [-0.25, -0.2) is 9.97 Å². The van der Waals surface area contributed by atoms with Crippen molar-refractivity contribution >= 4 is 5.95 Å². The van der Waals surface area contributed by atoms with Gasteiger partial charge in [-0.2, -0.15) is 0 Å². The molecule has 0 N–H and O–H groups in total. The fraction of sp³-hybridized carbons (Fsp3) is 0.474. The van der Waals surface area contributed by atoms with Crippen molar-refractivity contribution in [2.75, 3.05) is 45.3 Å². The monoisotopic (exact) mass is 342 g/mol. The van der Waals surface area contributed by atoms with E-state index in [4.69, 9.17) is 9.47 Å². The van der Waals surface area contributed by atoms with Crippen LogP contribution in [0.2, 0.25) is 0 Å². The maximum atomic E-state index is 5.49. The Morgan fingerprint density at radius 2 is 1.72 bits per heavy atom. The number of nitrogens with zero attached hydrogens (tertiary/aromatic N) is 4. The molecule has 0 radical (unpaired) electrons. The summed E-state index contributed by atoms with van der Waals surface area (Å²) < 4.78 is 10.8. The van der Waals surface area contributed by atoms with Crippen molar-refractivity contribution in [3.05, 3.63) is 41.7 Å². The van der Waals surface area contributed by atoms with E-state index in [0.717, 1.165) is 62.2 Å². The van der Waals surface area contributed by atoms with Gasteiger partial charge in [0, 0.05) is 50.7 Å². The molecule has 0 saturated carbocycles. The average molecular weight is 342 g/mol. The highest BCUT2D eigenvalue weighted by Gasteiger charge is 2.20. The second kappa shape index (κ2) is 8.16. The predicted molar refractivity (Wildman–Crippen MR) is 98.4 cm³/mol. The number of rotatable bonds is 6. The molecule has 0 unspecified atom stereocenters. The van der Waals surface area contributed by atoms with Crippen molar-refractivity contribution in [1.82, 2.24) is 14.9 Å². The Morgan fingerprint density at radius 3 is 2.32 bits per heavy atom. The normalized spacial score (nSPS) is 15.2. The third-order valence-corrected chi connectivity index (χ3v) is 4.64. The average Bonchev–Trinajstić information content (AvgIpc) is 2.68. The maximum absolute atomic E-state index is 5.49. The van der Waals surface area contributed by atoms with Crippen LogP contribution in [0.25, 0.3) is 0 Å². The molecule has 2 aromatic rings. The lowest BCUT2D eigenvalue weighted by molar-refractivity contribution is 0.244. The number of ether oxygens (including phenoxy) is 2. The summed E-state index contributed by atoms with van der Waals surface area (Å²) in [6.07, 6.45) is 4.82. The van der Waals surface area contributed by atoms with Gasteiger partial charge in [0.25, 0.3) is 0 Å². The van der Waals surface area contributed by atoms with E-state index in [9.17, 15) is 0 Å². The first-order valence-electron chi connectivity index (χ1n) is 8.72. The minimum Gasteiger partial charge on any atom is -0.497 e. The zero-order valence-corrected chi connectivity index (χ0v) is 15.2. The quantitative estimate of drug-likeness (QED) is 0.803. The molecule has 1 aliphatic rings. The van der Waals surface area contributed by atoms with Crippen molar-refractivity contribution in [3.63, 3.8) is 0 Å². The van der Waals surface area contributed by atoms with E-state index in [0.29, 0.717) is 0 Å². The summed E-state index contributed by atoms with van der Waals surface area (Å²) in [6.45, 7) is 6.77. The van der Waals surface area contributed by atoms with Crippen LogP contribution in [-0.2, 0) is 13.0 Å².